The van der Waals surface area contributed by atoms with Gasteiger partial charge in [0, 0.05) is 6.54 Å². The molecule has 2 aromatic rings. The van der Waals surface area contributed by atoms with Crippen LogP contribution in [0.2, 0.25) is 0 Å². The van der Waals surface area contributed by atoms with E-state index >= 15 is 0 Å². The molecule has 23 heavy (non-hydrogen) atoms. The second kappa shape index (κ2) is 6.55. The highest BCUT2D eigenvalue weighted by molar-refractivity contribution is 5.85. The van der Waals surface area contributed by atoms with E-state index in [4.69, 9.17) is 0 Å². The summed E-state index contributed by atoms with van der Waals surface area (Å²) in [6.45, 7) is 2.70. The third-order valence-electron chi connectivity index (χ3n) is 4.85. The first-order valence-electron chi connectivity index (χ1n) is 8.15. The summed E-state index contributed by atoms with van der Waals surface area (Å²) in [6, 6.07) is 19.7. The van der Waals surface area contributed by atoms with Gasteiger partial charge in [0.15, 0.2) is 0 Å². The quantitative estimate of drug-likeness (QED) is 0.921. The third kappa shape index (κ3) is 3.15. The SMILES string of the molecule is CC1(Cc2ccccc2)CCN(C(CO)c2ccccc2)C1=O. The van der Waals surface area contributed by atoms with E-state index in [2.05, 4.69) is 12.1 Å². The number of likely N-dealkylation sites (tertiary alicyclic amines) is 1. The Morgan fingerprint density at radius 2 is 1.70 bits per heavy atom. The van der Waals surface area contributed by atoms with Crippen molar-refractivity contribution in [3.05, 3.63) is 71.8 Å². The van der Waals surface area contributed by atoms with Crippen molar-refractivity contribution in [2.75, 3.05) is 13.2 Å². The highest BCUT2D eigenvalue weighted by Gasteiger charge is 2.45. The van der Waals surface area contributed by atoms with Gasteiger partial charge in [0.2, 0.25) is 5.91 Å². The van der Waals surface area contributed by atoms with Gasteiger partial charge in [-0.3, -0.25) is 4.79 Å². The van der Waals surface area contributed by atoms with Gasteiger partial charge in [0.05, 0.1) is 18.1 Å². The van der Waals surface area contributed by atoms with Crippen molar-refractivity contribution in [2.45, 2.75) is 25.8 Å². The number of hydrogen-bond donors (Lipinski definition) is 1. The molecule has 1 fully saturated rings. The van der Waals surface area contributed by atoms with Crippen LogP contribution in [-0.4, -0.2) is 29.1 Å². The summed E-state index contributed by atoms with van der Waals surface area (Å²) >= 11 is 0. The molecule has 3 rings (SSSR count). The van der Waals surface area contributed by atoms with E-state index in [0.29, 0.717) is 6.54 Å². The van der Waals surface area contributed by atoms with Crippen LogP contribution in [0.5, 0.6) is 0 Å². The summed E-state index contributed by atoms with van der Waals surface area (Å²) in [4.78, 5) is 14.9. The molecular formula is C20H23NO2. The van der Waals surface area contributed by atoms with E-state index in [1.54, 1.807) is 0 Å². The smallest absolute Gasteiger partial charge is 0.229 e. The maximum atomic E-state index is 13.0. The number of rotatable bonds is 5. The molecule has 1 heterocycles. The summed E-state index contributed by atoms with van der Waals surface area (Å²) in [7, 11) is 0. The molecule has 1 aliphatic rings. The number of carbonyl (C=O) groups is 1. The fourth-order valence-electron chi connectivity index (χ4n) is 3.49. The average molecular weight is 309 g/mol. The van der Waals surface area contributed by atoms with E-state index in [0.717, 1.165) is 18.4 Å². The number of amides is 1. The van der Waals surface area contributed by atoms with Crippen molar-refractivity contribution in [3.63, 3.8) is 0 Å². The molecule has 0 aliphatic carbocycles. The van der Waals surface area contributed by atoms with Crippen LogP contribution in [0.3, 0.4) is 0 Å². The average Bonchev–Trinajstić information content (AvgIpc) is 2.86. The number of hydrogen-bond acceptors (Lipinski definition) is 2. The van der Waals surface area contributed by atoms with Crippen LogP contribution in [0.4, 0.5) is 0 Å². The molecule has 3 nitrogen and oxygen atoms in total. The van der Waals surface area contributed by atoms with Gasteiger partial charge in [-0.2, -0.15) is 0 Å². The van der Waals surface area contributed by atoms with Crippen molar-refractivity contribution in [1.82, 2.24) is 4.90 Å². The minimum atomic E-state index is -0.385. The summed E-state index contributed by atoms with van der Waals surface area (Å²) in [5.74, 6) is 0.143. The molecule has 0 aromatic heterocycles. The minimum Gasteiger partial charge on any atom is -0.394 e. The zero-order valence-corrected chi connectivity index (χ0v) is 13.5. The van der Waals surface area contributed by atoms with Crippen molar-refractivity contribution >= 4 is 5.91 Å². The molecule has 2 unspecified atom stereocenters. The monoisotopic (exact) mass is 309 g/mol. The van der Waals surface area contributed by atoms with Gasteiger partial charge in [0.25, 0.3) is 0 Å². The predicted molar refractivity (Wildman–Crippen MR) is 90.9 cm³/mol. The molecule has 1 saturated heterocycles. The summed E-state index contributed by atoms with van der Waals surface area (Å²) < 4.78 is 0. The fourth-order valence-corrected chi connectivity index (χ4v) is 3.49. The van der Waals surface area contributed by atoms with Crippen molar-refractivity contribution < 1.29 is 9.90 Å². The highest BCUT2D eigenvalue weighted by atomic mass is 16.3. The largest absolute Gasteiger partial charge is 0.394 e. The van der Waals surface area contributed by atoms with E-state index in [9.17, 15) is 9.90 Å². The highest BCUT2D eigenvalue weighted by Crippen LogP contribution is 2.39. The molecule has 0 bridgehead atoms. The van der Waals surface area contributed by atoms with Crippen molar-refractivity contribution in [2.24, 2.45) is 5.41 Å². The number of aliphatic hydroxyl groups is 1. The molecule has 3 heteroatoms. The van der Waals surface area contributed by atoms with E-state index in [1.165, 1.54) is 5.56 Å². The van der Waals surface area contributed by atoms with Crippen LogP contribution in [0.25, 0.3) is 0 Å². The summed E-state index contributed by atoms with van der Waals surface area (Å²) in [6.07, 6.45) is 1.57. The zero-order chi connectivity index (χ0) is 16.3. The topological polar surface area (TPSA) is 40.5 Å². The van der Waals surface area contributed by atoms with Gasteiger partial charge >= 0.3 is 0 Å². The number of carbonyl (C=O) groups excluding carboxylic acids is 1. The lowest BCUT2D eigenvalue weighted by Gasteiger charge is -2.29. The Hall–Kier alpha value is -2.13. The fraction of sp³-hybridized carbons (Fsp3) is 0.350. The Balaban J connectivity index is 1.80. The maximum Gasteiger partial charge on any atom is 0.229 e. The first kappa shape index (κ1) is 15.8. The molecular weight excluding hydrogens is 286 g/mol. The lowest BCUT2D eigenvalue weighted by Crippen LogP contribution is -2.38. The van der Waals surface area contributed by atoms with E-state index < -0.39 is 0 Å². The number of aliphatic hydroxyl groups excluding tert-OH is 1. The molecule has 2 atom stereocenters. The Kier molecular flexibility index (Phi) is 4.49. The molecule has 120 valence electrons. The standard InChI is InChI=1S/C20H23NO2/c1-20(14-16-8-4-2-5-9-16)12-13-21(19(20)23)18(15-22)17-10-6-3-7-11-17/h2-11,18,22H,12-15H2,1H3. The predicted octanol–water partition coefficient (Wildman–Crippen LogP) is 3.20. The van der Waals surface area contributed by atoms with Gasteiger partial charge < -0.3 is 10.0 Å². The summed E-state index contributed by atoms with van der Waals surface area (Å²) in [5, 5.41) is 9.82. The number of nitrogens with zero attached hydrogens (tertiary/aromatic N) is 1. The second-order valence-electron chi connectivity index (χ2n) is 6.58. The molecule has 0 radical (unpaired) electrons. The molecule has 1 aliphatic heterocycles. The Bertz CT molecular complexity index is 656. The minimum absolute atomic E-state index is 0.0445. The van der Waals surface area contributed by atoms with Crippen LogP contribution in [0, 0.1) is 5.41 Å². The Morgan fingerprint density at radius 1 is 1.09 bits per heavy atom. The summed E-state index contributed by atoms with van der Waals surface area (Å²) in [5.41, 5.74) is 1.79. The van der Waals surface area contributed by atoms with E-state index in [1.807, 2.05) is 60.4 Å². The van der Waals surface area contributed by atoms with Crippen LogP contribution in [-0.2, 0) is 11.2 Å². The van der Waals surface area contributed by atoms with Gasteiger partial charge in [-0.15, -0.1) is 0 Å². The van der Waals surface area contributed by atoms with Crippen LogP contribution in [0.1, 0.15) is 30.5 Å². The Labute approximate surface area is 137 Å². The first-order valence-corrected chi connectivity index (χ1v) is 8.15. The Morgan fingerprint density at radius 3 is 2.30 bits per heavy atom. The lowest BCUT2D eigenvalue weighted by atomic mass is 9.82. The number of benzene rings is 2. The second-order valence-corrected chi connectivity index (χ2v) is 6.58. The van der Waals surface area contributed by atoms with Gasteiger partial charge in [-0.25, -0.2) is 0 Å². The molecule has 1 N–H and O–H groups in total. The van der Waals surface area contributed by atoms with Crippen molar-refractivity contribution in [3.8, 4) is 0 Å². The van der Waals surface area contributed by atoms with Crippen LogP contribution >= 0.6 is 0 Å². The maximum absolute atomic E-state index is 13.0. The molecule has 0 spiro atoms. The van der Waals surface area contributed by atoms with Crippen molar-refractivity contribution in [1.29, 1.82) is 0 Å². The molecule has 0 saturated carbocycles. The first-order chi connectivity index (χ1) is 11.1. The normalized spacial score (nSPS) is 22.3. The van der Waals surface area contributed by atoms with Crippen LogP contribution < -0.4 is 0 Å². The van der Waals surface area contributed by atoms with Gasteiger partial charge in [-0.1, -0.05) is 67.6 Å². The molecule has 2 aromatic carbocycles. The van der Waals surface area contributed by atoms with E-state index in [-0.39, 0.29) is 24.0 Å². The molecule has 1 amide bonds. The zero-order valence-electron chi connectivity index (χ0n) is 13.5. The van der Waals surface area contributed by atoms with Crippen LogP contribution in [0.15, 0.2) is 60.7 Å². The third-order valence-corrected chi connectivity index (χ3v) is 4.85. The van der Waals surface area contributed by atoms with Gasteiger partial charge in [0.1, 0.15) is 0 Å². The lowest BCUT2D eigenvalue weighted by molar-refractivity contribution is -0.138. The van der Waals surface area contributed by atoms with Gasteiger partial charge in [-0.05, 0) is 24.0 Å².